The number of carbonyl (C=O) groups excluding carboxylic acids is 1. The number of hydrogen-bond acceptors (Lipinski definition) is 4. The van der Waals surface area contributed by atoms with Crippen LogP contribution < -0.4 is 5.32 Å². The Morgan fingerprint density at radius 2 is 2.15 bits per heavy atom. The molecule has 104 valence electrons. The third-order valence-electron chi connectivity index (χ3n) is 2.61. The molecular weight excluding hydrogens is 284 g/mol. The first-order valence-electron chi connectivity index (χ1n) is 5.68. The number of pyridine rings is 1. The zero-order chi connectivity index (χ0) is 14.7. The second-order valence-corrected chi connectivity index (χ2v) is 4.43. The van der Waals surface area contributed by atoms with Gasteiger partial charge in [0.2, 0.25) is 5.91 Å². The fourth-order valence-electron chi connectivity index (χ4n) is 1.58. The van der Waals surface area contributed by atoms with E-state index in [0.717, 1.165) is 4.68 Å². The number of nitrogens with zero attached hydrogens (tertiary/aromatic N) is 3. The van der Waals surface area contributed by atoms with Gasteiger partial charge in [0.05, 0.1) is 5.02 Å². The van der Waals surface area contributed by atoms with Gasteiger partial charge >= 0.3 is 5.97 Å². The second kappa shape index (κ2) is 5.70. The van der Waals surface area contributed by atoms with Crippen LogP contribution in [-0.2, 0) is 4.79 Å². The number of rotatable bonds is 4. The van der Waals surface area contributed by atoms with Crippen LogP contribution in [-0.4, -0.2) is 31.7 Å². The molecule has 8 heteroatoms. The maximum atomic E-state index is 12.0. The highest BCUT2D eigenvalue weighted by Crippen LogP contribution is 2.14. The van der Waals surface area contributed by atoms with Gasteiger partial charge in [0.1, 0.15) is 17.6 Å². The first-order chi connectivity index (χ1) is 9.49. The third kappa shape index (κ3) is 2.94. The van der Waals surface area contributed by atoms with E-state index in [0.29, 0.717) is 10.8 Å². The number of hydrogen-bond donors (Lipinski definition) is 2. The Labute approximate surface area is 119 Å². The molecule has 7 nitrogen and oxygen atoms in total. The number of carboxylic acid groups (broad SMARTS) is 1. The van der Waals surface area contributed by atoms with Gasteiger partial charge in [-0.15, -0.1) is 0 Å². The van der Waals surface area contributed by atoms with E-state index >= 15 is 0 Å². The lowest BCUT2D eigenvalue weighted by molar-refractivity contribution is -0.119. The quantitative estimate of drug-likeness (QED) is 0.896. The standard InChI is InChI=1S/C12H11ClN4O3/c1-7(17-9(12(19)20)4-5-15-17)11(18)16-10-3-2-8(13)6-14-10/h2-7H,1H3,(H,19,20)(H,14,16,18). The lowest BCUT2D eigenvalue weighted by atomic mass is 10.3. The summed E-state index contributed by atoms with van der Waals surface area (Å²) in [7, 11) is 0. The first-order valence-corrected chi connectivity index (χ1v) is 6.06. The van der Waals surface area contributed by atoms with E-state index in [4.69, 9.17) is 16.7 Å². The Kier molecular flexibility index (Phi) is 3.99. The molecule has 0 aromatic carbocycles. The number of aromatic carboxylic acids is 1. The van der Waals surface area contributed by atoms with Crippen molar-refractivity contribution in [3.05, 3.63) is 41.3 Å². The normalized spacial score (nSPS) is 11.9. The molecule has 0 fully saturated rings. The lowest BCUT2D eigenvalue weighted by Gasteiger charge is -2.13. The van der Waals surface area contributed by atoms with Crippen LogP contribution in [0.1, 0.15) is 23.5 Å². The first kappa shape index (κ1) is 14.0. The van der Waals surface area contributed by atoms with E-state index in [1.54, 1.807) is 19.1 Å². The van der Waals surface area contributed by atoms with Gasteiger partial charge in [-0.1, -0.05) is 11.6 Å². The summed E-state index contributed by atoms with van der Waals surface area (Å²) in [4.78, 5) is 26.9. The molecule has 0 saturated carbocycles. The van der Waals surface area contributed by atoms with Crippen LogP contribution in [0, 0.1) is 0 Å². The zero-order valence-corrected chi connectivity index (χ0v) is 11.2. The monoisotopic (exact) mass is 294 g/mol. The number of aromatic nitrogens is 3. The summed E-state index contributed by atoms with van der Waals surface area (Å²) >= 11 is 5.69. The van der Waals surface area contributed by atoms with E-state index in [1.807, 2.05) is 0 Å². The van der Waals surface area contributed by atoms with E-state index in [1.165, 1.54) is 18.5 Å². The fourth-order valence-corrected chi connectivity index (χ4v) is 1.70. The predicted octanol–water partition coefficient (Wildman–Crippen LogP) is 1.83. The Hall–Kier alpha value is -2.41. The zero-order valence-electron chi connectivity index (χ0n) is 10.4. The molecule has 2 aromatic rings. The molecular formula is C12H11ClN4O3. The highest BCUT2D eigenvalue weighted by molar-refractivity contribution is 6.30. The highest BCUT2D eigenvalue weighted by Gasteiger charge is 2.21. The minimum absolute atomic E-state index is 0.0586. The number of anilines is 1. The van der Waals surface area contributed by atoms with Crippen LogP contribution in [0.4, 0.5) is 5.82 Å². The van der Waals surface area contributed by atoms with Crippen molar-refractivity contribution in [2.75, 3.05) is 5.32 Å². The molecule has 0 radical (unpaired) electrons. The largest absolute Gasteiger partial charge is 0.477 e. The van der Waals surface area contributed by atoms with Crippen molar-refractivity contribution in [2.45, 2.75) is 13.0 Å². The van der Waals surface area contributed by atoms with Crippen LogP contribution in [0.3, 0.4) is 0 Å². The number of carbonyl (C=O) groups is 2. The highest BCUT2D eigenvalue weighted by atomic mass is 35.5. The van der Waals surface area contributed by atoms with Gasteiger partial charge in [-0.3, -0.25) is 4.79 Å². The molecule has 1 unspecified atom stereocenters. The van der Waals surface area contributed by atoms with Crippen molar-refractivity contribution in [1.82, 2.24) is 14.8 Å². The van der Waals surface area contributed by atoms with Crippen molar-refractivity contribution in [3.63, 3.8) is 0 Å². The molecule has 2 heterocycles. The molecule has 0 spiro atoms. The SMILES string of the molecule is CC(C(=O)Nc1ccc(Cl)cn1)n1nccc1C(=O)O. The van der Waals surface area contributed by atoms with Crippen LogP contribution in [0.2, 0.25) is 5.02 Å². The Bertz CT molecular complexity index is 638. The minimum Gasteiger partial charge on any atom is -0.477 e. The summed E-state index contributed by atoms with van der Waals surface area (Å²) < 4.78 is 1.13. The summed E-state index contributed by atoms with van der Waals surface area (Å²) in [5, 5.41) is 15.8. The van der Waals surface area contributed by atoms with Crippen LogP contribution >= 0.6 is 11.6 Å². The van der Waals surface area contributed by atoms with Crippen LogP contribution in [0.5, 0.6) is 0 Å². The molecule has 20 heavy (non-hydrogen) atoms. The summed E-state index contributed by atoms with van der Waals surface area (Å²) in [5.41, 5.74) is -0.0586. The number of halogens is 1. The second-order valence-electron chi connectivity index (χ2n) is 3.99. The molecule has 2 N–H and O–H groups in total. The van der Waals surface area contributed by atoms with E-state index < -0.39 is 17.9 Å². The van der Waals surface area contributed by atoms with Gasteiger partial charge in [-0.05, 0) is 25.1 Å². The van der Waals surface area contributed by atoms with Crippen molar-refractivity contribution >= 4 is 29.3 Å². The third-order valence-corrected chi connectivity index (χ3v) is 2.84. The topological polar surface area (TPSA) is 97.1 Å². The summed E-state index contributed by atoms with van der Waals surface area (Å²) in [6, 6.07) is 3.68. The van der Waals surface area contributed by atoms with E-state index in [2.05, 4.69) is 15.4 Å². The average Bonchev–Trinajstić information content (AvgIpc) is 2.90. The smallest absolute Gasteiger partial charge is 0.354 e. The molecule has 0 aliphatic heterocycles. The lowest BCUT2D eigenvalue weighted by Crippen LogP contribution is -2.27. The Morgan fingerprint density at radius 3 is 2.75 bits per heavy atom. The van der Waals surface area contributed by atoms with E-state index in [9.17, 15) is 9.59 Å². The number of carboxylic acids is 1. The van der Waals surface area contributed by atoms with Gasteiger partial charge < -0.3 is 10.4 Å². The number of amides is 1. The van der Waals surface area contributed by atoms with Crippen LogP contribution in [0.15, 0.2) is 30.6 Å². The Balaban J connectivity index is 2.14. The molecule has 1 atom stereocenters. The number of nitrogens with one attached hydrogen (secondary N) is 1. The van der Waals surface area contributed by atoms with Gasteiger partial charge in [-0.25, -0.2) is 14.5 Å². The van der Waals surface area contributed by atoms with Gasteiger partial charge in [0.15, 0.2) is 0 Å². The summed E-state index contributed by atoms with van der Waals surface area (Å²) in [6.07, 6.45) is 2.73. The van der Waals surface area contributed by atoms with Crippen LogP contribution in [0.25, 0.3) is 0 Å². The molecule has 0 saturated heterocycles. The summed E-state index contributed by atoms with van der Waals surface area (Å²) in [6.45, 7) is 1.55. The molecule has 2 aromatic heterocycles. The fraction of sp³-hybridized carbons (Fsp3) is 0.167. The van der Waals surface area contributed by atoms with Crippen molar-refractivity contribution < 1.29 is 14.7 Å². The Morgan fingerprint density at radius 1 is 1.40 bits per heavy atom. The van der Waals surface area contributed by atoms with Gasteiger partial charge in [-0.2, -0.15) is 5.10 Å². The molecule has 0 aliphatic carbocycles. The average molecular weight is 295 g/mol. The predicted molar refractivity (Wildman–Crippen MR) is 71.8 cm³/mol. The van der Waals surface area contributed by atoms with Crippen molar-refractivity contribution in [3.8, 4) is 0 Å². The van der Waals surface area contributed by atoms with Gasteiger partial charge in [0.25, 0.3) is 0 Å². The molecule has 1 amide bonds. The molecule has 0 bridgehead atoms. The van der Waals surface area contributed by atoms with Crippen molar-refractivity contribution in [2.24, 2.45) is 0 Å². The van der Waals surface area contributed by atoms with Gasteiger partial charge in [0, 0.05) is 12.4 Å². The van der Waals surface area contributed by atoms with Crippen molar-refractivity contribution in [1.29, 1.82) is 0 Å². The minimum atomic E-state index is -1.15. The molecule has 0 aliphatic rings. The summed E-state index contributed by atoms with van der Waals surface area (Å²) in [5.74, 6) is -1.24. The maximum Gasteiger partial charge on any atom is 0.354 e. The maximum absolute atomic E-state index is 12.0. The molecule has 2 rings (SSSR count). The van der Waals surface area contributed by atoms with E-state index in [-0.39, 0.29) is 5.69 Å².